The molecule has 2 fully saturated rings. The van der Waals surface area contributed by atoms with Crippen molar-refractivity contribution >= 4 is 40.4 Å². The number of hydrogen-bond acceptors (Lipinski definition) is 8. The van der Waals surface area contributed by atoms with Gasteiger partial charge in [-0.05, 0) is 66.1 Å². The number of aromatic nitrogens is 2. The third-order valence-electron chi connectivity index (χ3n) is 11.1. The summed E-state index contributed by atoms with van der Waals surface area (Å²) in [6.45, 7) is 5.01. The number of likely N-dealkylation sites (tertiary alicyclic amines) is 2. The number of hydrogen-bond donors (Lipinski definition) is 2. The molecule has 0 aliphatic carbocycles. The van der Waals surface area contributed by atoms with Crippen LogP contribution in [-0.2, 0) is 23.9 Å². The molecule has 4 atom stereocenters. The van der Waals surface area contributed by atoms with Gasteiger partial charge in [0.05, 0.1) is 50.5 Å². The average Bonchev–Trinajstić information content (AvgIpc) is 4.07. The second-order valence-corrected chi connectivity index (χ2v) is 15.1. The fourth-order valence-corrected chi connectivity index (χ4v) is 8.08. The van der Waals surface area contributed by atoms with E-state index < -0.39 is 24.0 Å². The lowest BCUT2D eigenvalue weighted by Crippen LogP contribution is -2.51. The molecule has 2 N–H and O–H groups in total. The van der Waals surface area contributed by atoms with Crippen molar-refractivity contribution < 1.29 is 28.7 Å². The number of carbonyl (C=O) groups is 4. The second-order valence-electron chi connectivity index (χ2n) is 15.1. The number of H-pyrrole nitrogens is 1. The normalized spacial score (nSPS) is 18.8. The first-order valence-electron chi connectivity index (χ1n) is 19.6. The number of aromatic amines is 1. The lowest BCUT2D eigenvalue weighted by atomic mass is 9.93. The van der Waals surface area contributed by atoms with E-state index in [0.29, 0.717) is 19.5 Å². The Morgan fingerprint density at radius 1 is 0.877 bits per heavy atom. The van der Waals surface area contributed by atoms with E-state index in [-0.39, 0.29) is 36.2 Å². The quantitative estimate of drug-likeness (QED) is 0.135. The van der Waals surface area contributed by atoms with Crippen LogP contribution in [0.15, 0.2) is 89.7 Å². The van der Waals surface area contributed by atoms with Gasteiger partial charge in [0.1, 0.15) is 11.9 Å². The molecule has 4 heterocycles. The van der Waals surface area contributed by atoms with Crippen molar-refractivity contribution in [2.24, 2.45) is 10.9 Å². The van der Waals surface area contributed by atoms with Crippen LogP contribution in [0.25, 0.3) is 22.0 Å². The summed E-state index contributed by atoms with van der Waals surface area (Å²) in [5, 5.41) is 4.80. The Hall–Kier alpha value is -6.22. The monoisotopic (exact) mass is 768 g/mol. The third-order valence-corrected chi connectivity index (χ3v) is 11.1. The molecule has 4 aromatic rings. The van der Waals surface area contributed by atoms with Crippen molar-refractivity contribution in [2.75, 3.05) is 27.3 Å². The third kappa shape index (κ3) is 8.63. The summed E-state index contributed by atoms with van der Waals surface area (Å²) >= 11 is 0. The maximum atomic E-state index is 13.9. The number of benzene rings is 3. The zero-order chi connectivity index (χ0) is 40.1. The van der Waals surface area contributed by atoms with Crippen molar-refractivity contribution in [1.82, 2.24) is 25.1 Å². The Kier molecular flexibility index (Phi) is 11.8. The molecule has 12 nitrogen and oxygen atoms in total. The van der Waals surface area contributed by atoms with Crippen molar-refractivity contribution in [1.29, 1.82) is 0 Å². The molecule has 294 valence electrons. The molecule has 7 rings (SSSR count). The number of aliphatic imine (C=N–C) groups is 1. The van der Waals surface area contributed by atoms with Crippen LogP contribution in [0.5, 0.6) is 0 Å². The van der Waals surface area contributed by atoms with Crippen molar-refractivity contribution in [3.8, 4) is 23.1 Å². The highest BCUT2D eigenvalue weighted by Gasteiger charge is 2.39. The number of esters is 1. The number of carbonyl (C=O) groups excluding carboxylic acids is 4. The molecular formula is C45H48N6O6. The minimum absolute atomic E-state index is 0.0112. The summed E-state index contributed by atoms with van der Waals surface area (Å²) in [5.41, 5.74) is 5.33. The van der Waals surface area contributed by atoms with Crippen molar-refractivity contribution in [3.05, 3.63) is 102 Å². The van der Waals surface area contributed by atoms with E-state index in [9.17, 15) is 19.2 Å². The maximum Gasteiger partial charge on any atom is 0.407 e. The summed E-state index contributed by atoms with van der Waals surface area (Å²) < 4.78 is 9.69. The predicted octanol–water partition coefficient (Wildman–Crippen LogP) is 6.69. The zero-order valence-corrected chi connectivity index (χ0v) is 32.8. The molecule has 57 heavy (non-hydrogen) atoms. The first-order chi connectivity index (χ1) is 27.6. The van der Waals surface area contributed by atoms with E-state index >= 15 is 0 Å². The Balaban J connectivity index is 0.994. The molecule has 12 heteroatoms. The van der Waals surface area contributed by atoms with Crippen molar-refractivity contribution in [3.63, 3.8) is 0 Å². The highest BCUT2D eigenvalue weighted by atomic mass is 16.5. The van der Waals surface area contributed by atoms with Gasteiger partial charge in [-0.25, -0.2) is 9.78 Å². The highest BCUT2D eigenvalue weighted by Crippen LogP contribution is 2.34. The van der Waals surface area contributed by atoms with Crippen LogP contribution in [0.2, 0.25) is 0 Å². The number of nitrogens with one attached hydrogen (secondary N) is 2. The molecule has 3 aliphatic rings. The van der Waals surface area contributed by atoms with Gasteiger partial charge in [-0.15, -0.1) is 0 Å². The van der Waals surface area contributed by atoms with Crippen molar-refractivity contribution in [2.45, 2.75) is 76.4 Å². The lowest BCUT2D eigenvalue weighted by Gasteiger charge is -2.30. The maximum absolute atomic E-state index is 13.9. The Morgan fingerprint density at radius 3 is 2.33 bits per heavy atom. The Labute approximate surface area is 332 Å². The Morgan fingerprint density at radius 2 is 1.60 bits per heavy atom. The van der Waals surface area contributed by atoms with Crippen LogP contribution in [0.1, 0.15) is 81.3 Å². The molecular weight excluding hydrogens is 721 g/mol. The summed E-state index contributed by atoms with van der Waals surface area (Å²) in [5.74, 6) is 5.98. The number of rotatable bonds is 10. The second kappa shape index (κ2) is 17.3. The minimum Gasteiger partial charge on any atom is -0.469 e. The van der Waals surface area contributed by atoms with Gasteiger partial charge >= 0.3 is 12.1 Å². The topological polar surface area (TPSA) is 146 Å². The fourth-order valence-electron chi connectivity index (χ4n) is 8.08. The molecule has 1 aromatic heterocycles. The van der Waals surface area contributed by atoms with Gasteiger partial charge in [0.2, 0.25) is 11.8 Å². The van der Waals surface area contributed by atoms with Gasteiger partial charge in [0.25, 0.3) is 0 Å². The van der Waals surface area contributed by atoms with Gasteiger partial charge < -0.3 is 29.6 Å². The molecule has 0 spiro atoms. The van der Waals surface area contributed by atoms with E-state index in [4.69, 9.17) is 19.5 Å². The molecule has 0 saturated carbocycles. The van der Waals surface area contributed by atoms with E-state index in [1.54, 1.807) is 12.4 Å². The molecule has 2 saturated heterocycles. The van der Waals surface area contributed by atoms with Gasteiger partial charge in [-0.2, -0.15) is 0 Å². The zero-order valence-electron chi connectivity index (χ0n) is 32.8. The lowest BCUT2D eigenvalue weighted by molar-refractivity contribution is -0.144. The van der Waals surface area contributed by atoms with Gasteiger partial charge in [0.15, 0.2) is 0 Å². The number of fused-ring (bicyclic) bond motifs is 1. The number of allylic oxidation sites excluding steroid dienone is 1. The first-order valence-corrected chi connectivity index (χ1v) is 19.6. The number of ether oxygens (including phenoxy) is 2. The summed E-state index contributed by atoms with van der Waals surface area (Å²) in [6.07, 6.45) is 6.86. The van der Waals surface area contributed by atoms with Crippen LogP contribution in [0, 0.1) is 17.8 Å². The van der Waals surface area contributed by atoms with Crippen LogP contribution in [-0.4, -0.2) is 88.7 Å². The van der Waals surface area contributed by atoms with E-state index in [1.165, 1.54) is 14.2 Å². The first kappa shape index (κ1) is 39.0. The number of methoxy groups -OCH3 is 2. The minimum atomic E-state index is -0.691. The molecule has 0 radical (unpaired) electrons. The van der Waals surface area contributed by atoms with Gasteiger partial charge in [0, 0.05) is 48.1 Å². The van der Waals surface area contributed by atoms with Crippen LogP contribution >= 0.6 is 0 Å². The van der Waals surface area contributed by atoms with Crippen LogP contribution < -0.4 is 5.32 Å². The number of nitrogens with zero attached hydrogens (tertiary/aromatic N) is 4. The fraction of sp³-hybridized carbons (Fsp3) is 0.378. The number of imidazole rings is 1. The summed E-state index contributed by atoms with van der Waals surface area (Å²) in [4.78, 5) is 68.3. The standard InChI is InChI=1S/C45H48N6O6/c1-28(2)41(49-45(55)57-4)44(54)51-21-9-13-39(51)42-47-27-37(48-42)34-19-18-32-22-29(16-17-33(32)24-34)14-15-30-23-36(46-26-30)38-12-8-20-50(38)43(53)35(25-40(52)56-3)31-10-6-5-7-11-31/h5-7,10-11,16-19,22,24,26-28,35,38-39,41H,8-9,12-13,20-21,23,25H2,1-4H3,(H,47,48)(H,49,55)/t35-,38+,39+,41+/m1/s1. The van der Waals surface area contributed by atoms with E-state index in [0.717, 1.165) is 75.9 Å². The van der Waals surface area contributed by atoms with E-state index in [1.807, 2.05) is 66.1 Å². The largest absolute Gasteiger partial charge is 0.469 e. The number of amides is 3. The average molecular weight is 769 g/mol. The molecule has 3 aliphatic heterocycles. The van der Waals surface area contributed by atoms with Crippen LogP contribution in [0.4, 0.5) is 4.79 Å². The number of alkyl carbamates (subject to hydrolysis) is 1. The molecule has 0 unspecified atom stereocenters. The smallest absolute Gasteiger partial charge is 0.407 e. The molecule has 3 amide bonds. The van der Waals surface area contributed by atoms with Gasteiger partial charge in [-0.3, -0.25) is 19.4 Å². The highest BCUT2D eigenvalue weighted by molar-refractivity contribution is 5.99. The Bertz CT molecular complexity index is 2280. The predicted molar refractivity (Wildman–Crippen MR) is 217 cm³/mol. The summed E-state index contributed by atoms with van der Waals surface area (Å²) in [7, 11) is 2.63. The van der Waals surface area contributed by atoms with Crippen LogP contribution in [0.3, 0.4) is 0 Å². The molecule has 0 bridgehead atoms. The summed E-state index contributed by atoms with van der Waals surface area (Å²) in [6, 6.07) is 20.7. The molecule has 3 aromatic carbocycles. The van der Waals surface area contributed by atoms with Gasteiger partial charge in [-0.1, -0.05) is 74.2 Å². The SMILES string of the molecule is COC(=O)C[C@@H](C(=O)N1CCC[C@H]1C1=NC=C(C#Cc2ccc3cc(-c4cnc([C@@H]5CCCN5C(=O)[C@@H](NC(=O)OC)C(C)C)[nH]4)ccc3c2)C1)c1ccccc1. The van der Waals surface area contributed by atoms with E-state index in [2.05, 4.69) is 46.4 Å².